The van der Waals surface area contributed by atoms with Crippen LogP contribution in [0.15, 0.2) is 36.5 Å². The predicted molar refractivity (Wildman–Crippen MR) is 104 cm³/mol. The van der Waals surface area contributed by atoms with Crippen molar-refractivity contribution in [3.05, 3.63) is 36.5 Å². The molecule has 3 aromatic rings. The highest BCUT2D eigenvalue weighted by atomic mass is 32.3. The van der Waals surface area contributed by atoms with Crippen LogP contribution in [0.4, 0.5) is 0 Å². The summed E-state index contributed by atoms with van der Waals surface area (Å²) in [6.45, 7) is 0.111. The van der Waals surface area contributed by atoms with E-state index in [4.69, 9.17) is 23.5 Å². The van der Waals surface area contributed by atoms with Gasteiger partial charge < -0.3 is 23.1 Å². The third-order valence-corrected chi connectivity index (χ3v) is 5.40. The molecule has 1 aliphatic rings. The maximum absolute atomic E-state index is 11.2. The van der Waals surface area contributed by atoms with Crippen molar-refractivity contribution in [3.8, 4) is 50.3 Å². The summed E-state index contributed by atoms with van der Waals surface area (Å²) in [7, 11) is -1.81. The number of benzene rings is 2. The van der Waals surface area contributed by atoms with Gasteiger partial charge in [0, 0.05) is 17.3 Å². The Hall–Kier alpha value is -3.02. The monoisotopic (exact) mass is 437 g/mol. The fourth-order valence-electron chi connectivity index (χ4n) is 2.94. The minimum absolute atomic E-state index is 0.111. The van der Waals surface area contributed by atoms with Gasteiger partial charge in [-0.2, -0.15) is 12.8 Å². The lowest BCUT2D eigenvalue weighted by Crippen LogP contribution is -2.07. The third-order valence-electron chi connectivity index (χ3n) is 4.16. The van der Waals surface area contributed by atoms with Crippen LogP contribution in [-0.2, 0) is 10.4 Å². The van der Waals surface area contributed by atoms with Crippen molar-refractivity contribution >= 4 is 21.9 Å². The standard InChI is InChI=1S/C18H15NO8S2/c1-23-13-4-3-10(5-14(13)27-29(20,21)22)12-8-19-28-18(12)11-6-15(24-2)17-16(7-11)25-9-26-17/h3-8H,9H2,1-2H3,(H,20,21,22). The molecule has 0 saturated carbocycles. The minimum Gasteiger partial charge on any atom is -0.493 e. The second kappa shape index (κ2) is 7.43. The molecule has 2 heterocycles. The van der Waals surface area contributed by atoms with Gasteiger partial charge in [-0.05, 0) is 41.4 Å². The lowest BCUT2D eigenvalue weighted by Gasteiger charge is -2.11. The lowest BCUT2D eigenvalue weighted by molar-refractivity contribution is 0.171. The van der Waals surface area contributed by atoms with Crippen LogP contribution in [0.5, 0.6) is 28.7 Å². The van der Waals surface area contributed by atoms with Crippen LogP contribution in [0.2, 0.25) is 0 Å². The van der Waals surface area contributed by atoms with Crippen LogP contribution in [0.25, 0.3) is 21.6 Å². The number of fused-ring (bicyclic) bond motifs is 1. The molecule has 0 atom stereocenters. The average Bonchev–Trinajstić information content (AvgIpc) is 3.35. The Morgan fingerprint density at radius 3 is 2.52 bits per heavy atom. The number of hydrogen-bond acceptors (Lipinski definition) is 9. The van der Waals surface area contributed by atoms with Gasteiger partial charge in [0.05, 0.1) is 19.1 Å². The molecule has 4 rings (SSSR count). The predicted octanol–water partition coefficient (Wildman–Crippen LogP) is 3.40. The van der Waals surface area contributed by atoms with E-state index in [9.17, 15) is 8.42 Å². The molecule has 9 nitrogen and oxygen atoms in total. The van der Waals surface area contributed by atoms with Crippen molar-refractivity contribution in [2.24, 2.45) is 0 Å². The first kappa shape index (κ1) is 19.3. The Kier molecular flexibility index (Phi) is 4.94. The zero-order chi connectivity index (χ0) is 20.6. The summed E-state index contributed by atoms with van der Waals surface area (Å²) >= 11 is 1.25. The average molecular weight is 437 g/mol. The molecule has 1 aliphatic heterocycles. The van der Waals surface area contributed by atoms with Gasteiger partial charge >= 0.3 is 10.4 Å². The van der Waals surface area contributed by atoms with E-state index in [0.717, 1.165) is 16.0 Å². The Morgan fingerprint density at radius 2 is 1.79 bits per heavy atom. The van der Waals surface area contributed by atoms with E-state index in [1.807, 2.05) is 12.1 Å². The normalized spacial score (nSPS) is 12.7. The van der Waals surface area contributed by atoms with Crippen LogP contribution in [0.3, 0.4) is 0 Å². The summed E-state index contributed by atoms with van der Waals surface area (Å²) in [5.74, 6) is 1.63. The number of rotatable bonds is 6. The fraction of sp³-hybridized carbons (Fsp3) is 0.167. The van der Waals surface area contributed by atoms with Gasteiger partial charge in [-0.1, -0.05) is 6.07 Å². The number of ether oxygens (including phenoxy) is 4. The van der Waals surface area contributed by atoms with Crippen LogP contribution < -0.4 is 23.1 Å². The zero-order valence-corrected chi connectivity index (χ0v) is 16.9. The van der Waals surface area contributed by atoms with Gasteiger partial charge in [-0.15, -0.1) is 0 Å². The van der Waals surface area contributed by atoms with Gasteiger partial charge in [0.25, 0.3) is 0 Å². The maximum Gasteiger partial charge on any atom is 0.446 e. The first-order chi connectivity index (χ1) is 13.9. The molecule has 29 heavy (non-hydrogen) atoms. The van der Waals surface area contributed by atoms with Crippen LogP contribution in [0.1, 0.15) is 0 Å². The molecule has 1 N–H and O–H groups in total. The van der Waals surface area contributed by atoms with Crippen molar-refractivity contribution in [2.75, 3.05) is 21.0 Å². The summed E-state index contributed by atoms with van der Waals surface area (Å²) in [5, 5.41) is 0. The molecular formula is C18H15NO8S2. The molecule has 0 saturated heterocycles. The Balaban J connectivity index is 1.81. The zero-order valence-electron chi connectivity index (χ0n) is 15.2. The van der Waals surface area contributed by atoms with E-state index >= 15 is 0 Å². The van der Waals surface area contributed by atoms with E-state index in [1.165, 1.54) is 37.9 Å². The quantitative estimate of drug-likeness (QED) is 0.580. The molecule has 0 bridgehead atoms. The Labute approximate surface area is 170 Å². The van der Waals surface area contributed by atoms with Crippen molar-refractivity contribution < 1.29 is 36.1 Å². The number of nitrogens with zero attached hydrogens (tertiary/aromatic N) is 1. The van der Waals surface area contributed by atoms with E-state index in [2.05, 4.69) is 8.56 Å². The van der Waals surface area contributed by atoms with Crippen molar-refractivity contribution in [1.29, 1.82) is 0 Å². The van der Waals surface area contributed by atoms with E-state index in [0.29, 0.717) is 22.8 Å². The minimum atomic E-state index is -4.71. The van der Waals surface area contributed by atoms with Crippen LogP contribution in [0, 0.1) is 0 Å². The number of aromatic nitrogens is 1. The molecule has 11 heteroatoms. The molecule has 0 spiro atoms. The Morgan fingerprint density at radius 1 is 1.03 bits per heavy atom. The highest BCUT2D eigenvalue weighted by Crippen LogP contribution is 2.47. The second-order valence-corrected chi connectivity index (χ2v) is 7.68. The molecule has 1 aromatic heterocycles. The highest BCUT2D eigenvalue weighted by molar-refractivity contribution is 7.81. The van der Waals surface area contributed by atoms with E-state index in [-0.39, 0.29) is 18.3 Å². The van der Waals surface area contributed by atoms with Crippen LogP contribution >= 0.6 is 11.5 Å². The maximum atomic E-state index is 11.2. The van der Waals surface area contributed by atoms with Crippen molar-refractivity contribution in [1.82, 2.24) is 4.37 Å². The molecule has 2 aromatic carbocycles. The van der Waals surface area contributed by atoms with Crippen molar-refractivity contribution in [2.45, 2.75) is 0 Å². The van der Waals surface area contributed by atoms with Gasteiger partial charge in [0.2, 0.25) is 12.5 Å². The Bertz CT molecular complexity index is 1170. The second-order valence-electron chi connectivity index (χ2n) is 5.86. The summed E-state index contributed by atoms with van der Waals surface area (Å²) in [5.41, 5.74) is 2.13. The van der Waals surface area contributed by atoms with E-state index < -0.39 is 10.4 Å². The summed E-state index contributed by atoms with van der Waals surface area (Å²) < 4.78 is 61.7. The fourth-order valence-corrected chi connectivity index (χ4v) is 4.05. The van der Waals surface area contributed by atoms with E-state index in [1.54, 1.807) is 12.3 Å². The highest BCUT2D eigenvalue weighted by Gasteiger charge is 2.23. The van der Waals surface area contributed by atoms with Gasteiger partial charge in [0.1, 0.15) is 0 Å². The first-order valence-electron chi connectivity index (χ1n) is 8.17. The molecule has 0 amide bonds. The number of hydrogen-bond donors (Lipinski definition) is 1. The molecule has 0 fully saturated rings. The molecule has 152 valence electrons. The SMILES string of the molecule is COc1ccc(-c2cnsc2-c2cc(OC)c3c(c2)OCO3)cc1OS(=O)(=O)O. The summed E-state index contributed by atoms with van der Waals surface area (Å²) in [6, 6.07) is 8.35. The van der Waals surface area contributed by atoms with Gasteiger partial charge in [0.15, 0.2) is 23.0 Å². The molecular weight excluding hydrogens is 422 g/mol. The van der Waals surface area contributed by atoms with Crippen molar-refractivity contribution in [3.63, 3.8) is 0 Å². The lowest BCUT2D eigenvalue weighted by atomic mass is 10.0. The summed E-state index contributed by atoms with van der Waals surface area (Å²) in [6.07, 6.45) is 1.65. The first-order valence-corrected chi connectivity index (χ1v) is 10.3. The smallest absolute Gasteiger partial charge is 0.446 e. The molecule has 0 radical (unpaired) electrons. The van der Waals surface area contributed by atoms with Gasteiger partial charge in [-0.3, -0.25) is 4.55 Å². The number of methoxy groups -OCH3 is 2. The summed E-state index contributed by atoms with van der Waals surface area (Å²) in [4.78, 5) is 0.796. The third kappa shape index (κ3) is 3.79. The van der Waals surface area contributed by atoms with Gasteiger partial charge in [-0.25, -0.2) is 0 Å². The molecule has 0 aliphatic carbocycles. The topological polar surface area (TPSA) is 113 Å². The molecule has 0 unspecified atom stereocenters. The van der Waals surface area contributed by atoms with Crippen LogP contribution in [-0.4, -0.2) is 38.4 Å². The largest absolute Gasteiger partial charge is 0.493 e.